The standard InChI is InChI=1S/C40H55NO26/c1-15(42)41-29-33(58-21(7)48)30(26(12-53-16(2)43)63-38(29)62-25(11)52)66-39-37(61-24(10)51)35(32(57-20(6)47)28(64-39)14-55-18(4)45)67-40-36(60-23(9)50)34(59-22(8)49)31(56-19(5)46)27(65-40)13-54-17(3)44/h26-40H,12-14H2,1-11H3,(H,41,42). The molecule has 1 N–H and O–H groups in total. The Hall–Kier alpha value is -6.03. The van der Waals surface area contributed by atoms with Crippen molar-refractivity contribution < 1.29 is 124 Å². The fourth-order valence-corrected chi connectivity index (χ4v) is 7.12. The van der Waals surface area contributed by atoms with Crippen LogP contribution in [-0.2, 0) is 124 Å². The van der Waals surface area contributed by atoms with Crippen molar-refractivity contribution in [2.45, 2.75) is 168 Å². The van der Waals surface area contributed by atoms with Gasteiger partial charge in [0.05, 0.1) is 0 Å². The number of carbonyl (C=O) groups is 11. The highest BCUT2D eigenvalue weighted by molar-refractivity contribution is 5.74. The van der Waals surface area contributed by atoms with Crippen LogP contribution >= 0.6 is 0 Å². The van der Waals surface area contributed by atoms with E-state index < -0.39 is 177 Å². The van der Waals surface area contributed by atoms with E-state index in [-0.39, 0.29) is 0 Å². The van der Waals surface area contributed by atoms with Crippen molar-refractivity contribution in [2.24, 2.45) is 0 Å². The third kappa shape index (κ3) is 17.0. The lowest BCUT2D eigenvalue weighted by Crippen LogP contribution is -2.70. The van der Waals surface area contributed by atoms with Gasteiger partial charge in [0, 0.05) is 76.2 Å². The Balaban J connectivity index is 2.37. The first kappa shape index (κ1) is 55.3. The number of hydrogen-bond donors (Lipinski definition) is 1. The Morgan fingerprint density at radius 2 is 0.627 bits per heavy atom. The second kappa shape index (κ2) is 25.2. The largest absolute Gasteiger partial charge is 0.463 e. The molecule has 0 aliphatic carbocycles. The molecule has 15 unspecified atom stereocenters. The maximum Gasteiger partial charge on any atom is 0.305 e. The monoisotopic (exact) mass is 965 g/mol. The highest BCUT2D eigenvalue weighted by atomic mass is 16.8. The lowest BCUT2D eigenvalue weighted by atomic mass is 9.94. The molecule has 27 heteroatoms. The van der Waals surface area contributed by atoms with Gasteiger partial charge >= 0.3 is 59.7 Å². The summed E-state index contributed by atoms with van der Waals surface area (Å²) in [5, 5.41) is 2.47. The number of nitrogens with one attached hydrogen (secondary N) is 1. The van der Waals surface area contributed by atoms with E-state index >= 15 is 0 Å². The smallest absolute Gasteiger partial charge is 0.305 e. The third-order valence-corrected chi connectivity index (χ3v) is 9.23. The van der Waals surface area contributed by atoms with Crippen LogP contribution in [0.2, 0.25) is 0 Å². The van der Waals surface area contributed by atoms with E-state index in [9.17, 15) is 52.7 Å². The Kier molecular flexibility index (Phi) is 20.8. The molecular formula is C40H55NO26. The van der Waals surface area contributed by atoms with Crippen molar-refractivity contribution in [3.8, 4) is 0 Å². The van der Waals surface area contributed by atoms with Crippen LogP contribution in [0.3, 0.4) is 0 Å². The summed E-state index contributed by atoms with van der Waals surface area (Å²) < 4.78 is 85.6. The normalized spacial score (nSPS) is 31.2. The van der Waals surface area contributed by atoms with E-state index in [1.165, 1.54) is 0 Å². The number of ether oxygens (including phenoxy) is 15. The van der Waals surface area contributed by atoms with Crippen LogP contribution < -0.4 is 5.32 Å². The maximum atomic E-state index is 13.0. The van der Waals surface area contributed by atoms with Gasteiger partial charge in [-0.1, -0.05) is 0 Å². The van der Waals surface area contributed by atoms with Crippen LogP contribution in [0, 0.1) is 0 Å². The van der Waals surface area contributed by atoms with Crippen LogP contribution in [0.1, 0.15) is 76.2 Å². The van der Waals surface area contributed by atoms with Gasteiger partial charge in [0.1, 0.15) is 56.4 Å². The summed E-state index contributed by atoms with van der Waals surface area (Å²) in [6.07, 6.45) is -25.4. The Bertz CT molecular complexity index is 1850. The molecule has 0 aromatic rings. The maximum absolute atomic E-state index is 13.0. The van der Waals surface area contributed by atoms with Crippen molar-refractivity contribution in [1.82, 2.24) is 5.32 Å². The average molecular weight is 966 g/mol. The molecule has 3 rings (SSSR count). The zero-order valence-corrected chi connectivity index (χ0v) is 38.4. The molecule has 67 heavy (non-hydrogen) atoms. The van der Waals surface area contributed by atoms with Gasteiger partial charge in [0.2, 0.25) is 12.2 Å². The predicted molar refractivity (Wildman–Crippen MR) is 208 cm³/mol. The molecule has 3 saturated heterocycles. The molecule has 3 heterocycles. The first-order valence-corrected chi connectivity index (χ1v) is 20.4. The van der Waals surface area contributed by atoms with E-state index in [2.05, 4.69) is 5.32 Å². The summed E-state index contributed by atoms with van der Waals surface area (Å²) >= 11 is 0. The van der Waals surface area contributed by atoms with E-state index in [1.807, 2.05) is 0 Å². The number of rotatable bonds is 18. The van der Waals surface area contributed by atoms with Crippen LogP contribution in [0.4, 0.5) is 0 Å². The van der Waals surface area contributed by atoms with Crippen LogP contribution in [-0.4, -0.2) is 177 Å². The molecule has 3 aliphatic rings. The van der Waals surface area contributed by atoms with Gasteiger partial charge in [-0.2, -0.15) is 0 Å². The molecule has 0 bridgehead atoms. The Morgan fingerprint density at radius 3 is 1.00 bits per heavy atom. The molecule has 376 valence electrons. The van der Waals surface area contributed by atoms with E-state index in [4.69, 9.17) is 71.1 Å². The van der Waals surface area contributed by atoms with Crippen LogP contribution in [0.25, 0.3) is 0 Å². The van der Waals surface area contributed by atoms with Crippen molar-refractivity contribution in [2.75, 3.05) is 19.8 Å². The van der Waals surface area contributed by atoms with Gasteiger partial charge in [-0.25, -0.2) is 0 Å². The molecule has 0 saturated carbocycles. The molecule has 3 fully saturated rings. The second-order valence-corrected chi connectivity index (χ2v) is 15.0. The number of amides is 1. The van der Waals surface area contributed by atoms with Gasteiger partial charge in [0.15, 0.2) is 49.2 Å². The van der Waals surface area contributed by atoms with Gasteiger partial charge < -0.3 is 76.4 Å². The van der Waals surface area contributed by atoms with Crippen molar-refractivity contribution in [3.63, 3.8) is 0 Å². The second-order valence-electron chi connectivity index (χ2n) is 15.0. The van der Waals surface area contributed by atoms with Gasteiger partial charge in [-0.3, -0.25) is 52.7 Å². The molecule has 0 aromatic heterocycles. The summed E-state index contributed by atoms with van der Waals surface area (Å²) in [5.74, 6) is -10.4. The summed E-state index contributed by atoms with van der Waals surface area (Å²) in [7, 11) is 0. The summed E-state index contributed by atoms with van der Waals surface area (Å²) in [4.78, 5) is 137. The molecule has 15 atom stereocenters. The SMILES string of the molecule is CC(=O)NC1C(OC(C)=O)OC(COC(C)=O)C(OC2OC(COC(C)=O)C(OC(C)=O)C(OC3OC(COC(C)=O)C(OC(C)=O)C(OC(C)=O)C3OC(C)=O)C2OC(C)=O)C1OC(C)=O. The van der Waals surface area contributed by atoms with Crippen molar-refractivity contribution in [1.29, 1.82) is 0 Å². The lowest BCUT2D eigenvalue weighted by Gasteiger charge is -2.50. The van der Waals surface area contributed by atoms with Crippen LogP contribution in [0.5, 0.6) is 0 Å². The fraction of sp³-hybridized carbons (Fsp3) is 0.725. The topological polar surface area (TPSA) is 338 Å². The third-order valence-electron chi connectivity index (χ3n) is 9.23. The molecule has 27 nitrogen and oxygen atoms in total. The highest BCUT2D eigenvalue weighted by Gasteiger charge is 2.60. The number of carbonyl (C=O) groups excluding carboxylic acids is 11. The average Bonchev–Trinajstić information content (AvgIpc) is 3.17. The van der Waals surface area contributed by atoms with Crippen molar-refractivity contribution in [3.05, 3.63) is 0 Å². The van der Waals surface area contributed by atoms with E-state index in [0.29, 0.717) is 0 Å². The van der Waals surface area contributed by atoms with Crippen molar-refractivity contribution >= 4 is 65.6 Å². The fourth-order valence-electron chi connectivity index (χ4n) is 7.12. The first-order valence-electron chi connectivity index (χ1n) is 20.4. The molecule has 1 amide bonds. The first-order chi connectivity index (χ1) is 31.3. The molecule has 0 radical (unpaired) electrons. The minimum absolute atomic E-state index is 0.709. The highest BCUT2D eigenvalue weighted by Crippen LogP contribution is 2.38. The number of esters is 10. The Morgan fingerprint density at radius 1 is 0.328 bits per heavy atom. The Labute approximate surface area is 382 Å². The van der Waals surface area contributed by atoms with Gasteiger partial charge in [-0.05, 0) is 0 Å². The zero-order chi connectivity index (χ0) is 50.4. The predicted octanol–water partition coefficient (Wildman–Crippen LogP) is -1.72. The van der Waals surface area contributed by atoms with Gasteiger partial charge in [-0.15, -0.1) is 0 Å². The quantitative estimate of drug-likeness (QED) is 0.118. The number of hydrogen-bond acceptors (Lipinski definition) is 26. The minimum atomic E-state index is -2.07. The van der Waals surface area contributed by atoms with Gasteiger partial charge in [0.25, 0.3) is 0 Å². The molecular weight excluding hydrogens is 910 g/mol. The van der Waals surface area contributed by atoms with E-state index in [0.717, 1.165) is 76.2 Å². The zero-order valence-electron chi connectivity index (χ0n) is 38.4. The lowest BCUT2D eigenvalue weighted by molar-refractivity contribution is -0.376. The molecule has 0 spiro atoms. The summed E-state index contributed by atoms with van der Waals surface area (Å²) in [5.41, 5.74) is 0. The van der Waals surface area contributed by atoms with E-state index in [1.54, 1.807) is 0 Å². The summed E-state index contributed by atoms with van der Waals surface area (Å²) in [6.45, 7) is 8.76. The molecule has 0 aromatic carbocycles. The minimum Gasteiger partial charge on any atom is -0.463 e. The molecule has 3 aliphatic heterocycles. The summed E-state index contributed by atoms with van der Waals surface area (Å²) in [6, 6.07) is -1.57. The van der Waals surface area contributed by atoms with Crippen LogP contribution in [0.15, 0.2) is 0 Å².